The first kappa shape index (κ1) is 11.0. The van der Waals surface area contributed by atoms with Gasteiger partial charge in [0.15, 0.2) is 0 Å². The lowest BCUT2D eigenvalue weighted by Crippen LogP contribution is -2.31. The molecule has 1 nitrogen and oxygen atoms in total. The Morgan fingerprint density at radius 2 is 2.07 bits per heavy atom. The van der Waals surface area contributed by atoms with Crippen LogP contribution in [0, 0.1) is 0 Å². The SMILES string of the molecule is CCC(CC)NC1CSc2ccccc21. The molecule has 2 heteroatoms. The Morgan fingerprint density at radius 1 is 1.33 bits per heavy atom. The van der Waals surface area contributed by atoms with Crippen molar-refractivity contribution in [3.8, 4) is 0 Å². The molecule has 2 rings (SSSR count). The molecule has 0 aliphatic carbocycles. The summed E-state index contributed by atoms with van der Waals surface area (Å²) in [5, 5.41) is 3.75. The van der Waals surface area contributed by atoms with Gasteiger partial charge in [-0.05, 0) is 24.5 Å². The van der Waals surface area contributed by atoms with Gasteiger partial charge in [0.25, 0.3) is 0 Å². The summed E-state index contributed by atoms with van der Waals surface area (Å²) < 4.78 is 0. The molecule has 0 radical (unpaired) electrons. The molecule has 1 aliphatic heterocycles. The average Bonchev–Trinajstić information content (AvgIpc) is 2.69. The number of rotatable bonds is 4. The van der Waals surface area contributed by atoms with Crippen molar-refractivity contribution in [3.63, 3.8) is 0 Å². The third-order valence-electron chi connectivity index (χ3n) is 3.12. The Balaban J connectivity index is 2.07. The van der Waals surface area contributed by atoms with Crippen LogP contribution in [0.1, 0.15) is 38.3 Å². The van der Waals surface area contributed by atoms with Crippen molar-refractivity contribution in [2.24, 2.45) is 0 Å². The van der Waals surface area contributed by atoms with Gasteiger partial charge in [0.2, 0.25) is 0 Å². The summed E-state index contributed by atoms with van der Waals surface area (Å²) in [5.74, 6) is 1.19. The Labute approximate surface area is 96.7 Å². The molecule has 0 fully saturated rings. The van der Waals surface area contributed by atoms with Crippen LogP contribution in [0.5, 0.6) is 0 Å². The van der Waals surface area contributed by atoms with Gasteiger partial charge in [0.1, 0.15) is 0 Å². The molecular formula is C13H19NS. The largest absolute Gasteiger partial charge is 0.306 e. The second-order valence-corrected chi connectivity index (χ2v) is 5.14. The van der Waals surface area contributed by atoms with E-state index >= 15 is 0 Å². The maximum absolute atomic E-state index is 3.75. The van der Waals surface area contributed by atoms with E-state index < -0.39 is 0 Å². The maximum Gasteiger partial charge on any atom is 0.0428 e. The minimum absolute atomic E-state index is 0.566. The number of benzene rings is 1. The molecule has 0 amide bonds. The minimum atomic E-state index is 0.566. The summed E-state index contributed by atoms with van der Waals surface area (Å²) in [6.45, 7) is 4.52. The lowest BCUT2D eigenvalue weighted by molar-refractivity contribution is 0.437. The van der Waals surface area contributed by atoms with Crippen molar-refractivity contribution in [3.05, 3.63) is 29.8 Å². The average molecular weight is 221 g/mol. The number of hydrogen-bond acceptors (Lipinski definition) is 2. The fraction of sp³-hybridized carbons (Fsp3) is 0.538. The van der Waals surface area contributed by atoms with E-state index in [2.05, 4.69) is 43.4 Å². The zero-order valence-electron chi connectivity index (χ0n) is 9.49. The summed E-state index contributed by atoms with van der Waals surface area (Å²) in [6, 6.07) is 10.00. The summed E-state index contributed by atoms with van der Waals surface area (Å²) in [4.78, 5) is 1.46. The quantitative estimate of drug-likeness (QED) is 0.833. The summed E-state index contributed by atoms with van der Waals surface area (Å²) in [6.07, 6.45) is 2.44. The highest BCUT2D eigenvalue weighted by Gasteiger charge is 2.23. The van der Waals surface area contributed by atoms with Gasteiger partial charge in [-0.2, -0.15) is 0 Å². The Morgan fingerprint density at radius 3 is 2.80 bits per heavy atom. The lowest BCUT2D eigenvalue weighted by atomic mass is 10.1. The van der Waals surface area contributed by atoms with E-state index in [1.165, 1.54) is 29.1 Å². The summed E-state index contributed by atoms with van der Waals surface area (Å²) >= 11 is 1.98. The molecule has 1 unspecified atom stereocenters. The fourth-order valence-corrected chi connectivity index (χ4v) is 3.28. The van der Waals surface area contributed by atoms with E-state index in [-0.39, 0.29) is 0 Å². The monoisotopic (exact) mass is 221 g/mol. The van der Waals surface area contributed by atoms with Crippen molar-refractivity contribution in [1.29, 1.82) is 0 Å². The first-order valence-electron chi connectivity index (χ1n) is 5.83. The van der Waals surface area contributed by atoms with Crippen LogP contribution in [-0.4, -0.2) is 11.8 Å². The van der Waals surface area contributed by atoms with Crippen molar-refractivity contribution >= 4 is 11.8 Å². The minimum Gasteiger partial charge on any atom is -0.306 e. The zero-order valence-corrected chi connectivity index (χ0v) is 10.3. The maximum atomic E-state index is 3.75. The summed E-state index contributed by atoms with van der Waals surface area (Å²) in [5.41, 5.74) is 1.49. The molecule has 0 bridgehead atoms. The summed E-state index contributed by atoms with van der Waals surface area (Å²) in [7, 11) is 0. The molecule has 0 spiro atoms. The van der Waals surface area contributed by atoms with Gasteiger partial charge in [-0.25, -0.2) is 0 Å². The Kier molecular flexibility index (Phi) is 3.71. The number of fused-ring (bicyclic) bond motifs is 1. The van der Waals surface area contributed by atoms with Gasteiger partial charge in [0, 0.05) is 22.7 Å². The first-order valence-corrected chi connectivity index (χ1v) is 6.81. The van der Waals surface area contributed by atoms with Crippen molar-refractivity contribution < 1.29 is 0 Å². The number of nitrogens with one attached hydrogen (secondary N) is 1. The zero-order chi connectivity index (χ0) is 10.7. The van der Waals surface area contributed by atoms with E-state index in [1.807, 2.05) is 11.8 Å². The second kappa shape index (κ2) is 5.04. The number of hydrogen-bond donors (Lipinski definition) is 1. The van der Waals surface area contributed by atoms with E-state index in [1.54, 1.807) is 0 Å². The molecule has 15 heavy (non-hydrogen) atoms. The van der Waals surface area contributed by atoms with Crippen LogP contribution in [0.15, 0.2) is 29.2 Å². The van der Waals surface area contributed by atoms with Gasteiger partial charge in [-0.1, -0.05) is 32.0 Å². The molecule has 1 aliphatic rings. The topological polar surface area (TPSA) is 12.0 Å². The van der Waals surface area contributed by atoms with Gasteiger partial charge < -0.3 is 5.32 Å². The van der Waals surface area contributed by atoms with Crippen LogP contribution < -0.4 is 5.32 Å². The second-order valence-electron chi connectivity index (χ2n) is 4.08. The van der Waals surface area contributed by atoms with Crippen LogP contribution in [0.25, 0.3) is 0 Å². The highest BCUT2D eigenvalue weighted by molar-refractivity contribution is 7.99. The third-order valence-corrected chi connectivity index (χ3v) is 4.31. The van der Waals surface area contributed by atoms with Gasteiger partial charge in [-0.3, -0.25) is 0 Å². The van der Waals surface area contributed by atoms with Gasteiger partial charge in [-0.15, -0.1) is 11.8 Å². The third kappa shape index (κ3) is 2.37. The molecule has 1 atom stereocenters. The molecule has 1 aromatic rings. The smallest absolute Gasteiger partial charge is 0.0428 e. The Hall–Kier alpha value is -0.470. The molecule has 82 valence electrons. The molecule has 1 N–H and O–H groups in total. The standard InChI is InChI=1S/C13H19NS/c1-3-10(4-2)14-12-9-15-13-8-6-5-7-11(12)13/h5-8,10,12,14H,3-4,9H2,1-2H3. The van der Waals surface area contributed by atoms with Crippen molar-refractivity contribution in [2.45, 2.75) is 43.7 Å². The predicted molar refractivity (Wildman–Crippen MR) is 67.4 cm³/mol. The van der Waals surface area contributed by atoms with Crippen molar-refractivity contribution in [2.75, 3.05) is 5.75 Å². The highest BCUT2D eigenvalue weighted by Crippen LogP contribution is 2.38. The van der Waals surface area contributed by atoms with Crippen LogP contribution in [0.3, 0.4) is 0 Å². The van der Waals surface area contributed by atoms with E-state index in [9.17, 15) is 0 Å². The molecule has 0 aromatic heterocycles. The fourth-order valence-electron chi connectivity index (χ4n) is 2.11. The molecule has 1 heterocycles. The van der Waals surface area contributed by atoms with Crippen LogP contribution in [-0.2, 0) is 0 Å². The van der Waals surface area contributed by atoms with Crippen LogP contribution >= 0.6 is 11.8 Å². The first-order chi connectivity index (χ1) is 7.35. The van der Waals surface area contributed by atoms with E-state index in [0.29, 0.717) is 12.1 Å². The van der Waals surface area contributed by atoms with Crippen molar-refractivity contribution in [1.82, 2.24) is 5.32 Å². The Bertz CT molecular complexity index is 320. The van der Waals surface area contributed by atoms with E-state index in [0.717, 1.165) is 0 Å². The number of thioether (sulfide) groups is 1. The van der Waals surface area contributed by atoms with Crippen LogP contribution in [0.4, 0.5) is 0 Å². The van der Waals surface area contributed by atoms with Crippen LogP contribution in [0.2, 0.25) is 0 Å². The normalized spacial score (nSPS) is 19.5. The van der Waals surface area contributed by atoms with Gasteiger partial charge in [0.05, 0.1) is 0 Å². The highest BCUT2D eigenvalue weighted by atomic mass is 32.2. The molecule has 0 saturated heterocycles. The lowest BCUT2D eigenvalue weighted by Gasteiger charge is -2.20. The van der Waals surface area contributed by atoms with E-state index in [4.69, 9.17) is 0 Å². The molecule has 1 aromatic carbocycles. The molecule has 0 saturated carbocycles. The van der Waals surface area contributed by atoms with Gasteiger partial charge >= 0.3 is 0 Å². The predicted octanol–water partition coefficient (Wildman–Crippen LogP) is 3.61. The molecular weight excluding hydrogens is 202 g/mol.